The van der Waals surface area contributed by atoms with Crippen molar-refractivity contribution in [1.82, 2.24) is 24.5 Å². The highest BCUT2D eigenvalue weighted by Gasteiger charge is 2.33. The van der Waals surface area contributed by atoms with Crippen molar-refractivity contribution in [3.8, 4) is 5.69 Å². The molecule has 5 aromatic rings. The Balaban J connectivity index is 1.63. The van der Waals surface area contributed by atoms with Crippen molar-refractivity contribution in [3.05, 3.63) is 98.5 Å². The number of fused-ring (bicyclic) bond motifs is 2. The van der Waals surface area contributed by atoms with Crippen LogP contribution in [-0.2, 0) is 0 Å². The predicted octanol–water partition coefficient (Wildman–Crippen LogP) is 4.01. The number of hydrogen-bond donors (Lipinski definition) is 1. The Morgan fingerprint density at radius 2 is 1.82 bits per heavy atom. The average Bonchev–Trinajstić information content (AvgIpc) is 3.34. The van der Waals surface area contributed by atoms with E-state index in [1.165, 1.54) is 12.4 Å². The number of aromatic nitrogens is 5. The molecule has 1 aliphatic heterocycles. The van der Waals surface area contributed by atoms with Crippen molar-refractivity contribution in [3.63, 3.8) is 0 Å². The van der Waals surface area contributed by atoms with Gasteiger partial charge in [0.1, 0.15) is 29.0 Å². The topological polar surface area (TPSA) is 96.8 Å². The van der Waals surface area contributed by atoms with Gasteiger partial charge in [-0.15, -0.1) is 0 Å². The molecule has 1 aliphatic rings. The number of pyridine rings is 1. The Hall–Kier alpha value is -4.04. The molecule has 0 radical (unpaired) electrons. The zero-order valence-electron chi connectivity index (χ0n) is 18.0. The van der Waals surface area contributed by atoms with Crippen molar-refractivity contribution in [1.29, 1.82) is 0 Å². The molecule has 0 bridgehead atoms. The van der Waals surface area contributed by atoms with Crippen LogP contribution < -0.4 is 15.9 Å². The zero-order chi connectivity index (χ0) is 23.2. The first-order valence-electron chi connectivity index (χ1n) is 11.0. The van der Waals surface area contributed by atoms with Gasteiger partial charge in [-0.3, -0.25) is 14.2 Å². The largest absolute Gasteiger partial charge is 0.346 e. The molecule has 1 saturated heterocycles. The maximum Gasteiger partial charge on any atom is 0.267 e. The average molecular weight is 471 g/mol. The third kappa shape index (κ3) is 3.18. The fourth-order valence-corrected chi connectivity index (χ4v) is 5.01. The minimum atomic E-state index is -0.269. The van der Waals surface area contributed by atoms with Crippen LogP contribution in [0.15, 0.2) is 76.7 Å². The van der Waals surface area contributed by atoms with Crippen molar-refractivity contribution in [2.24, 2.45) is 0 Å². The minimum absolute atomic E-state index is 0.159. The molecule has 3 aromatic heterocycles. The van der Waals surface area contributed by atoms with E-state index in [0.717, 1.165) is 12.8 Å². The molecule has 0 amide bonds. The van der Waals surface area contributed by atoms with E-state index >= 15 is 0 Å². The van der Waals surface area contributed by atoms with E-state index in [9.17, 15) is 9.59 Å². The second kappa shape index (κ2) is 8.07. The van der Waals surface area contributed by atoms with E-state index in [1.807, 2.05) is 30.3 Å². The molecule has 1 N–H and O–H groups in total. The predicted molar refractivity (Wildman–Crippen MR) is 132 cm³/mol. The fourth-order valence-electron chi connectivity index (χ4n) is 4.76. The number of halogens is 1. The summed E-state index contributed by atoms with van der Waals surface area (Å²) in [7, 11) is 0. The van der Waals surface area contributed by atoms with Crippen LogP contribution in [-0.4, -0.2) is 31.0 Å². The van der Waals surface area contributed by atoms with Gasteiger partial charge in [0.2, 0.25) is 0 Å². The molecule has 168 valence electrons. The lowest BCUT2D eigenvalue weighted by Gasteiger charge is -2.28. The van der Waals surface area contributed by atoms with Crippen molar-refractivity contribution in [2.45, 2.75) is 18.9 Å². The lowest BCUT2D eigenvalue weighted by atomic mass is 10.1. The summed E-state index contributed by atoms with van der Waals surface area (Å²) in [4.78, 5) is 45.2. The van der Waals surface area contributed by atoms with Gasteiger partial charge in [-0.25, -0.2) is 15.0 Å². The van der Waals surface area contributed by atoms with Crippen LogP contribution in [0, 0.1) is 0 Å². The molecule has 1 unspecified atom stereocenters. The molecule has 1 atom stereocenters. The Kier molecular flexibility index (Phi) is 4.88. The van der Waals surface area contributed by atoms with E-state index in [1.54, 1.807) is 29.0 Å². The molecule has 34 heavy (non-hydrogen) atoms. The van der Waals surface area contributed by atoms with Crippen LogP contribution in [0.2, 0.25) is 5.02 Å². The number of rotatable bonds is 3. The Bertz CT molecular complexity index is 1660. The monoisotopic (exact) mass is 470 g/mol. The van der Waals surface area contributed by atoms with Gasteiger partial charge in [0.05, 0.1) is 27.7 Å². The Morgan fingerprint density at radius 1 is 0.971 bits per heavy atom. The van der Waals surface area contributed by atoms with E-state index in [-0.39, 0.29) is 17.0 Å². The smallest absolute Gasteiger partial charge is 0.267 e. The second-order valence-corrected chi connectivity index (χ2v) is 8.60. The normalized spacial score (nSPS) is 15.9. The molecule has 1 fully saturated rings. The lowest BCUT2D eigenvalue weighted by molar-refractivity contribution is 0.634. The molecule has 4 heterocycles. The number of benzene rings is 2. The Labute approximate surface area is 198 Å². The van der Waals surface area contributed by atoms with Gasteiger partial charge in [0, 0.05) is 18.8 Å². The van der Waals surface area contributed by atoms with Crippen molar-refractivity contribution >= 4 is 39.4 Å². The zero-order valence-corrected chi connectivity index (χ0v) is 18.7. The van der Waals surface area contributed by atoms with E-state index in [4.69, 9.17) is 16.6 Å². The van der Waals surface area contributed by atoms with E-state index in [0.29, 0.717) is 50.8 Å². The molecule has 0 spiro atoms. The van der Waals surface area contributed by atoms with E-state index in [2.05, 4.69) is 19.9 Å². The first-order valence-corrected chi connectivity index (χ1v) is 11.4. The quantitative estimate of drug-likeness (QED) is 0.428. The van der Waals surface area contributed by atoms with Gasteiger partial charge in [-0.05, 0) is 37.1 Å². The number of hydrogen-bond acceptors (Lipinski definition) is 6. The SMILES string of the molecule is O=c1cc[nH]c2ncnc(N3CCCC3c3nc4cccc(Cl)c4c(=O)n3-c3ccccc3)c12. The summed E-state index contributed by atoms with van der Waals surface area (Å²) in [5.74, 6) is 1.12. The van der Waals surface area contributed by atoms with Gasteiger partial charge < -0.3 is 9.88 Å². The fraction of sp³-hybridized carbons (Fsp3) is 0.160. The number of nitrogens with one attached hydrogen (secondary N) is 1. The summed E-state index contributed by atoms with van der Waals surface area (Å²) in [6, 6.07) is 15.9. The summed E-state index contributed by atoms with van der Waals surface area (Å²) < 4.78 is 1.63. The molecular weight excluding hydrogens is 452 g/mol. The number of nitrogens with zero attached hydrogens (tertiary/aromatic N) is 5. The van der Waals surface area contributed by atoms with Gasteiger partial charge in [0.15, 0.2) is 5.43 Å². The van der Waals surface area contributed by atoms with Crippen LogP contribution in [0.4, 0.5) is 5.82 Å². The third-order valence-corrected chi connectivity index (χ3v) is 6.55. The minimum Gasteiger partial charge on any atom is -0.346 e. The summed E-state index contributed by atoms with van der Waals surface area (Å²) in [6.07, 6.45) is 4.63. The molecule has 0 saturated carbocycles. The summed E-state index contributed by atoms with van der Waals surface area (Å²) in [5, 5.41) is 1.17. The highest BCUT2D eigenvalue weighted by molar-refractivity contribution is 6.35. The molecule has 8 nitrogen and oxygen atoms in total. The maximum absolute atomic E-state index is 13.8. The van der Waals surface area contributed by atoms with Gasteiger partial charge in [-0.2, -0.15) is 0 Å². The Morgan fingerprint density at radius 3 is 2.68 bits per heavy atom. The van der Waals surface area contributed by atoms with Crippen LogP contribution in [0.1, 0.15) is 24.7 Å². The number of anilines is 1. The van der Waals surface area contributed by atoms with Crippen LogP contribution in [0.3, 0.4) is 0 Å². The van der Waals surface area contributed by atoms with Crippen LogP contribution in [0.5, 0.6) is 0 Å². The molecule has 0 aliphatic carbocycles. The lowest BCUT2D eigenvalue weighted by Crippen LogP contribution is -2.32. The summed E-state index contributed by atoms with van der Waals surface area (Å²) in [6.45, 7) is 0.670. The highest BCUT2D eigenvalue weighted by Crippen LogP contribution is 2.37. The summed E-state index contributed by atoms with van der Waals surface area (Å²) in [5.41, 5.74) is 1.33. The molecule has 9 heteroatoms. The second-order valence-electron chi connectivity index (χ2n) is 8.19. The number of H-pyrrole nitrogens is 1. The first kappa shape index (κ1) is 20.6. The standard InChI is InChI=1S/C25H19ClN6O2/c26-16-8-4-9-17-20(16)25(34)32(15-6-2-1-3-7-15)23(30-17)18-10-5-13-31(18)24-21-19(33)11-12-27-22(21)28-14-29-24/h1-4,6-9,11-12,14,18H,5,10,13H2,(H,27,28,29,33). The molecule has 2 aromatic carbocycles. The van der Waals surface area contributed by atoms with E-state index < -0.39 is 0 Å². The maximum atomic E-state index is 13.8. The van der Waals surface area contributed by atoms with Crippen LogP contribution >= 0.6 is 11.6 Å². The first-order chi connectivity index (χ1) is 16.6. The number of para-hydroxylation sites is 1. The summed E-state index contributed by atoms with van der Waals surface area (Å²) >= 11 is 6.42. The van der Waals surface area contributed by atoms with Crippen LogP contribution in [0.25, 0.3) is 27.6 Å². The third-order valence-electron chi connectivity index (χ3n) is 6.24. The molecular formula is C25H19ClN6O2. The van der Waals surface area contributed by atoms with Gasteiger partial charge >= 0.3 is 0 Å². The van der Waals surface area contributed by atoms with Crippen molar-refractivity contribution in [2.75, 3.05) is 11.4 Å². The number of aromatic amines is 1. The highest BCUT2D eigenvalue weighted by atomic mass is 35.5. The van der Waals surface area contributed by atoms with Gasteiger partial charge in [0.25, 0.3) is 5.56 Å². The van der Waals surface area contributed by atoms with Crippen molar-refractivity contribution < 1.29 is 0 Å². The van der Waals surface area contributed by atoms with Gasteiger partial charge in [-0.1, -0.05) is 35.9 Å². The molecule has 6 rings (SSSR count).